The summed E-state index contributed by atoms with van der Waals surface area (Å²) in [4.78, 5) is 4.44. The highest BCUT2D eigenvalue weighted by molar-refractivity contribution is 14.0. The first-order valence-corrected chi connectivity index (χ1v) is 7.85. The van der Waals surface area contributed by atoms with Gasteiger partial charge in [-0.1, -0.05) is 12.8 Å². The van der Waals surface area contributed by atoms with E-state index in [0.717, 1.165) is 36.8 Å². The van der Waals surface area contributed by atoms with Crippen LogP contribution < -0.4 is 11.1 Å². The number of halogens is 1. The largest absolute Gasteiger partial charge is 0.370 e. The maximum absolute atomic E-state index is 5.90. The van der Waals surface area contributed by atoms with E-state index >= 15 is 0 Å². The van der Waals surface area contributed by atoms with Crippen LogP contribution in [0.4, 0.5) is 0 Å². The number of nitrogens with two attached hydrogens (primary N) is 1. The number of nitrogens with one attached hydrogen (secondary N) is 1. The maximum Gasteiger partial charge on any atom is 0.188 e. The van der Waals surface area contributed by atoms with Gasteiger partial charge in [0, 0.05) is 13.1 Å². The highest BCUT2D eigenvalue weighted by atomic mass is 127. The van der Waals surface area contributed by atoms with Gasteiger partial charge in [0.15, 0.2) is 5.96 Å². The normalized spacial score (nSPS) is 33.9. The van der Waals surface area contributed by atoms with Crippen molar-refractivity contribution in [3.8, 4) is 0 Å². The van der Waals surface area contributed by atoms with E-state index in [1.54, 1.807) is 0 Å². The zero-order chi connectivity index (χ0) is 12.4. The Morgan fingerprint density at radius 3 is 2.58 bits per heavy atom. The fourth-order valence-electron chi connectivity index (χ4n) is 4.07. The molecule has 2 bridgehead atoms. The van der Waals surface area contributed by atoms with Crippen LogP contribution >= 0.6 is 24.0 Å². The Labute approximate surface area is 134 Å². The first-order chi connectivity index (χ1) is 8.81. The third-order valence-electron chi connectivity index (χ3n) is 5.45. The lowest BCUT2D eigenvalue weighted by Crippen LogP contribution is -2.34. The van der Waals surface area contributed by atoms with E-state index in [1.165, 1.54) is 51.4 Å². The number of aliphatic imine (C=N–C) groups is 1. The number of hydrogen-bond donors (Lipinski definition) is 2. The van der Waals surface area contributed by atoms with E-state index in [1.807, 2.05) is 0 Å². The summed E-state index contributed by atoms with van der Waals surface area (Å²) in [6.45, 7) is 1.96. The molecule has 0 spiro atoms. The molecule has 3 atom stereocenters. The summed E-state index contributed by atoms with van der Waals surface area (Å²) in [5.74, 6) is 4.55. The lowest BCUT2D eigenvalue weighted by Gasteiger charge is -2.23. The highest BCUT2D eigenvalue weighted by Crippen LogP contribution is 2.49. The van der Waals surface area contributed by atoms with Crippen molar-refractivity contribution < 1.29 is 0 Å². The van der Waals surface area contributed by atoms with Crippen LogP contribution in [0.25, 0.3) is 0 Å². The molecule has 110 valence electrons. The van der Waals surface area contributed by atoms with Crippen LogP contribution in [0.2, 0.25) is 0 Å². The topological polar surface area (TPSA) is 50.4 Å². The first kappa shape index (κ1) is 15.4. The molecule has 0 amide bonds. The Hall–Kier alpha value is 0. The molecule has 3 saturated carbocycles. The SMILES string of the molecule is I.NC(=NCC1CCC1)NCCC1CC2CCC1C2. The molecule has 19 heavy (non-hydrogen) atoms. The summed E-state index contributed by atoms with van der Waals surface area (Å²) in [6.07, 6.45) is 11.4. The van der Waals surface area contributed by atoms with Crippen molar-refractivity contribution >= 4 is 29.9 Å². The van der Waals surface area contributed by atoms with Crippen molar-refractivity contribution in [1.82, 2.24) is 5.32 Å². The van der Waals surface area contributed by atoms with Gasteiger partial charge in [0.05, 0.1) is 0 Å². The van der Waals surface area contributed by atoms with Crippen LogP contribution in [-0.4, -0.2) is 19.0 Å². The fraction of sp³-hybridized carbons (Fsp3) is 0.933. The molecule has 3 unspecified atom stereocenters. The van der Waals surface area contributed by atoms with Crippen LogP contribution in [0, 0.1) is 23.7 Å². The summed E-state index contributed by atoms with van der Waals surface area (Å²) in [7, 11) is 0. The molecular weight excluding hydrogens is 349 g/mol. The van der Waals surface area contributed by atoms with E-state index < -0.39 is 0 Å². The van der Waals surface area contributed by atoms with Gasteiger partial charge >= 0.3 is 0 Å². The zero-order valence-electron chi connectivity index (χ0n) is 11.8. The van der Waals surface area contributed by atoms with E-state index in [-0.39, 0.29) is 24.0 Å². The molecule has 3 fully saturated rings. The van der Waals surface area contributed by atoms with Gasteiger partial charge in [0.2, 0.25) is 0 Å². The van der Waals surface area contributed by atoms with Crippen LogP contribution in [0.3, 0.4) is 0 Å². The number of rotatable bonds is 5. The highest BCUT2D eigenvalue weighted by Gasteiger charge is 2.38. The molecule has 0 aliphatic heterocycles. The molecule has 0 heterocycles. The summed E-state index contributed by atoms with van der Waals surface area (Å²) >= 11 is 0. The summed E-state index contributed by atoms with van der Waals surface area (Å²) in [6, 6.07) is 0. The molecule has 0 aromatic rings. The maximum atomic E-state index is 5.90. The van der Waals surface area contributed by atoms with Crippen molar-refractivity contribution in [3.05, 3.63) is 0 Å². The van der Waals surface area contributed by atoms with E-state index in [4.69, 9.17) is 5.73 Å². The number of fused-ring (bicyclic) bond motifs is 2. The van der Waals surface area contributed by atoms with Crippen LogP contribution in [0.5, 0.6) is 0 Å². The Kier molecular flexibility index (Phi) is 5.78. The second-order valence-electron chi connectivity index (χ2n) is 6.67. The predicted octanol–water partition coefficient (Wildman–Crippen LogP) is 3.14. The van der Waals surface area contributed by atoms with Gasteiger partial charge in [0.25, 0.3) is 0 Å². The van der Waals surface area contributed by atoms with Crippen LogP contribution in [0.1, 0.15) is 51.4 Å². The lowest BCUT2D eigenvalue weighted by atomic mass is 9.86. The molecule has 0 aromatic heterocycles. The summed E-state index contributed by atoms with van der Waals surface area (Å²) in [5, 5.41) is 3.30. The van der Waals surface area contributed by atoms with Gasteiger partial charge in [0.1, 0.15) is 0 Å². The Balaban J connectivity index is 0.00000133. The molecule has 3 aliphatic carbocycles. The predicted molar refractivity (Wildman–Crippen MR) is 90.8 cm³/mol. The molecule has 0 aromatic carbocycles. The fourth-order valence-corrected chi connectivity index (χ4v) is 4.07. The van der Waals surface area contributed by atoms with Gasteiger partial charge in [-0.05, 0) is 62.2 Å². The second-order valence-corrected chi connectivity index (χ2v) is 6.67. The average molecular weight is 377 g/mol. The minimum atomic E-state index is 0. The Bertz CT molecular complexity index is 315. The molecule has 3 nitrogen and oxygen atoms in total. The number of nitrogens with zero attached hydrogens (tertiary/aromatic N) is 1. The van der Waals surface area contributed by atoms with Gasteiger partial charge in [-0.3, -0.25) is 4.99 Å². The van der Waals surface area contributed by atoms with Crippen LogP contribution in [-0.2, 0) is 0 Å². The van der Waals surface area contributed by atoms with Gasteiger partial charge in [-0.2, -0.15) is 0 Å². The molecule has 4 heteroatoms. The second kappa shape index (κ2) is 7.14. The van der Waals surface area contributed by atoms with Gasteiger partial charge in [-0.15, -0.1) is 24.0 Å². The van der Waals surface area contributed by atoms with Crippen molar-refractivity contribution in [3.63, 3.8) is 0 Å². The number of hydrogen-bond acceptors (Lipinski definition) is 1. The summed E-state index contributed by atoms with van der Waals surface area (Å²) < 4.78 is 0. The molecule has 0 saturated heterocycles. The molecule has 3 aliphatic rings. The van der Waals surface area contributed by atoms with Gasteiger partial charge < -0.3 is 11.1 Å². The quantitative estimate of drug-likeness (QED) is 0.439. The lowest BCUT2D eigenvalue weighted by molar-refractivity contribution is 0.314. The molecular formula is C15H28IN3. The minimum absolute atomic E-state index is 0. The van der Waals surface area contributed by atoms with E-state index in [0.29, 0.717) is 5.96 Å². The average Bonchev–Trinajstić information content (AvgIpc) is 2.88. The molecule has 3 rings (SSSR count). The van der Waals surface area contributed by atoms with E-state index in [2.05, 4.69) is 10.3 Å². The van der Waals surface area contributed by atoms with Crippen LogP contribution in [0.15, 0.2) is 4.99 Å². The van der Waals surface area contributed by atoms with E-state index in [9.17, 15) is 0 Å². The molecule has 3 N–H and O–H groups in total. The summed E-state index contributed by atoms with van der Waals surface area (Å²) in [5.41, 5.74) is 5.90. The smallest absolute Gasteiger partial charge is 0.188 e. The van der Waals surface area contributed by atoms with Gasteiger partial charge in [-0.25, -0.2) is 0 Å². The Morgan fingerprint density at radius 1 is 1.16 bits per heavy atom. The Morgan fingerprint density at radius 2 is 2.00 bits per heavy atom. The monoisotopic (exact) mass is 377 g/mol. The van der Waals surface area contributed by atoms with Crippen molar-refractivity contribution in [1.29, 1.82) is 0 Å². The van der Waals surface area contributed by atoms with Crippen molar-refractivity contribution in [2.45, 2.75) is 51.4 Å². The third-order valence-corrected chi connectivity index (χ3v) is 5.45. The standard InChI is InChI=1S/C15H27N3.HI/c16-15(18-10-11-2-1-3-11)17-7-6-14-9-12-4-5-13(14)8-12;/h11-14H,1-10H2,(H3,16,17,18);1H. The first-order valence-electron chi connectivity index (χ1n) is 7.85. The van der Waals surface area contributed by atoms with Crippen molar-refractivity contribution in [2.75, 3.05) is 13.1 Å². The zero-order valence-corrected chi connectivity index (χ0v) is 14.1. The minimum Gasteiger partial charge on any atom is -0.370 e. The number of guanidine groups is 1. The van der Waals surface area contributed by atoms with Crippen molar-refractivity contribution in [2.24, 2.45) is 34.4 Å². The third kappa shape index (κ3) is 3.99. The molecule has 0 radical (unpaired) electrons.